The SMILES string of the molecule is CS(=O)(=O)N1CCC(Oc2ccc(C(=O)NCc3ccncn3)cc2Cl)CC1. The molecule has 28 heavy (non-hydrogen) atoms. The van der Waals surface area contributed by atoms with Crippen LogP contribution in [0.4, 0.5) is 0 Å². The Hall–Kier alpha value is -2.23. The van der Waals surface area contributed by atoms with E-state index < -0.39 is 10.0 Å². The Morgan fingerprint density at radius 3 is 2.68 bits per heavy atom. The van der Waals surface area contributed by atoms with Crippen molar-refractivity contribution < 1.29 is 17.9 Å². The topological polar surface area (TPSA) is 101 Å². The predicted molar refractivity (Wildman–Crippen MR) is 105 cm³/mol. The Bertz CT molecular complexity index is 932. The van der Waals surface area contributed by atoms with Crippen LogP contribution in [-0.2, 0) is 16.6 Å². The second-order valence-corrected chi connectivity index (χ2v) is 8.90. The zero-order valence-corrected chi connectivity index (χ0v) is 16.9. The van der Waals surface area contributed by atoms with Gasteiger partial charge in [0, 0.05) is 24.8 Å². The minimum Gasteiger partial charge on any atom is -0.489 e. The molecule has 1 N–H and O–H groups in total. The zero-order valence-electron chi connectivity index (χ0n) is 15.3. The number of benzene rings is 1. The smallest absolute Gasteiger partial charge is 0.251 e. The van der Waals surface area contributed by atoms with E-state index in [9.17, 15) is 13.2 Å². The van der Waals surface area contributed by atoms with E-state index in [4.69, 9.17) is 16.3 Å². The molecule has 3 rings (SSSR count). The number of sulfonamides is 1. The molecule has 150 valence electrons. The van der Waals surface area contributed by atoms with Crippen LogP contribution in [0.25, 0.3) is 0 Å². The van der Waals surface area contributed by atoms with Gasteiger partial charge in [-0.3, -0.25) is 4.79 Å². The van der Waals surface area contributed by atoms with Crippen molar-refractivity contribution in [3.63, 3.8) is 0 Å². The van der Waals surface area contributed by atoms with Crippen molar-refractivity contribution in [1.82, 2.24) is 19.6 Å². The summed E-state index contributed by atoms with van der Waals surface area (Å²) in [5.41, 5.74) is 1.12. The normalized spacial score (nSPS) is 15.9. The summed E-state index contributed by atoms with van der Waals surface area (Å²) < 4.78 is 30.5. The maximum Gasteiger partial charge on any atom is 0.251 e. The van der Waals surface area contributed by atoms with E-state index in [1.165, 1.54) is 16.9 Å². The first-order valence-corrected chi connectivity index (χ1v) is 11.0. The molecule has 1 aliphatic rings. The second-order valence-electron chi connectivity index (χ2n) is 6.51. The molecule has 0 radical (unpaired) electrons. The molecule has 1 saturated heterocycles. The van der Waals surface area contributed by atoms with Crippen molar-refractivity contribution in [3.05, 3.63) is 53.1 Å². The van der Waals surface area contributed by atoms with Crippen LogP contribution in [0.1, 0.15) is 28.9 Å². The molecule has 1 fully saturated rings. The van der Waals surface area contributed by atoms with E-state index in [2.05, 4.69) is 15.3 Å². The quantitative estimate of drug-likeness (QED) is 0.759. The van der Waals surface area contributed by atoms with Crippen molar-refractivity contribution >= 4 is 27.5 Å². The number of piperidine rings is 1. The lowest BCUT2D eigenvalue weighted by atomic mass is 10.1. The lowest BCUT2D eigenvalue weighted by Gasteiger charge is -2.30. The minimum absolute atomic E-state index is 0.118. The average Bonchev–Trinajstić information content (AvgIpc) is 2.68. The van der Waals surface area contributed by atoms with Gasteiger partial charge in [-0.15, -0.1) is 0 Å². The maximum atomic E-state index is 12.3. The Labute approximate surface area is 168 Å². The van der Waals surface area contributed by atoms with E-state index in [0.717, 1.165) is 0 Å². The highest BCUT2D eigenvalue weighted by atomic mass is 35.5. The number of hydrogen-bond acceptors (Lipinski definition) is 6. The van der Waals surface area contributed by atoms with E-state index in [1.54, 1.807) is 30.5 Å². The number of hydrogen-bond donors (Lipinski definition) is 1. The number of aromatic nitrogens is 2. The van der Waals surface area contributed by atoms with Gasteiger partial charge in [0.15, 0.2) is 0 Å². The summed E-state index contributed by atoms with van der Waals surface area (Å²) in [6.07, 6.45) is 5.30. The number of amides is 1. The fourth-order valence-electron chi connectivity index (χ4n) is 2.89. The van der Waals surface area contributed by atoms with Gasteiger partial charge in [-0.1, -0.05) is 11.6 Å². The lowest BCUT2D eigenvalue weighted by molar-refractivity contribution is 0.0950. The van der Waals surface area contributed by atoms with Crippen LogP contribution in [-0.4, -0.2) is 54.0 Å². The Balaban J connectivity index is 1.56. The van der Waals surface area contributed by atoms with Crippen molar-refractivity contribution in [2.45, 2.75) is 25.5 Å². The molecule has 2 aromatic rings. The van der Waals surface area contributed by atoms with Gasteiger partial charge in [0.05, 0.1) is 23.5 Å². The molecule has 0 spiro atoms. The third-order valence-electron chi connectivity index (χ3n) is 4.43. The number of nitrogens with one attached hydrogen (secondary N) is 1. The highest BCUT2D eigenvalue weighted by molar-refractivity contribution is 7.88. The molecule has 0 saturated carbocycles. The largest absolute Gasteiger partial charge is 0.489 e. The molecule has 1 aliphatic heterocycles. The van der Waals surface area contributed by atoms with E-state index in [0.29, 0.717) is 48.0 Å². The molecular formula is C18H21ClN4O4S. The first-order valence-electron chi connectivity index (χ1n) is 8.77. The van der Waals surface area contributed by atoms with Crippen LogP contribution >= 0.6 is 11.6 Å². The van der Waals surface area contributed by atoms with Crippen LogP contribution < -0.4 is 10.1 Å². The van der Waals surface area contributed by atoms with Crippen LogP contribution in [0.3, 0.4) is 0 Å². The number of rotatable bonds is 6. The zero-order chi connectivity index (χ0) is 20.1. The van der Waals surface area contributed by atoms with Gasteiger partial charge in [0.25, 0.3) is 5.91 Å². The first-order chi connectivity index (χ1) is 13.3. The molecule has 1 aromatic heterocycles. The summed E-state index contributed by atoms with van der Waals surface area (Å²) >= 11 is 6.28. The number of halogens is 1. The van der Waals surface area contributed by atoms with Gasteiger partial charge in [0.1, 0.15) is 18.2 Å². The van der Waals surface area contributed by atoms with Gasteiger partial charge in [-0.25, -0.2) is 22.7 Å². The third kappa shape index (κ3) is 5.40. The molecule has 1 aromatic carbocycles. The number of carbonyl (C=O) groups is 1. The summed E-state index contributed by atoms with van der Waals surface area (Å²) in [6, 6.07) is 6.57. The van der Waals surface area contributed by atoms with Crippen LogP contribution in [0.2, 0.25) is 5.02 Å². The molecule has 10 heteroatoms. The average molecular weight is 425 g/mol. The Morgan fingerprint density at radius 2 is 2.07 bits per heavy atom. The minimum atomic E-state index is -3.17. The molecular weight excluding hydrogens is 404 g/mol. The van der Waals surface area contributed by atoms with Crippen molar-refractivity contribution in [2.75, 3.05) is 19.3 Å². The number of carbonyl (C=O) groups excluding carboxylic acids is 1. The Kier molecular flexibility index (Phi) is 6.48. The highest BCUT2D eigenvalue weighted by Gasteiger charge is 2.26. The highest BCUT2D eigenvalue weighted by Crippen LogP contribution is 2.28. The fraction of sp³-hybridized carbons (Fsp3) is 0.389. The predicted octanol–water partition coefficient (Wildman–Crippen LogP) is 1.86. The first kappa shape index (κ1) is 20.5. The fourth-order valence-corrected chi connectivity index (χ4v) is 3.99. The lowest BCUT2D eigenvalue weighted by Crippen LogP contribution is -2.41. The van der Waals surface area contributed by atoms with Crippen molar-refractivity contribution in [3.8, 4) is 5.75 Å². The van der Waals surface area contributed by atoms with Crippen molar-refractivity contribution in [1.29, 1.82) is 0 Å². The maximum absolute atomic E-state index is 12.3. The third-order valence-corrected chi connectivity index (χ3v) is 6.03. The van der Waals surface area contributed by atoms with Gasteiger partial charge >= 0.3 is 0 Å². The van der Waals surface area contributed by atoms with Crippen LogP contribution in [0, 0.1) is 0 Å². The van der Waals surface area contributed by atoms with Gasteiger partial charge < -0.3 is 10.1 Å². The Morgan fingerprint density at radius 1 is 1.32 bits per heavy atom. The monoisotopic (exact) mass is 424 g/mol. The van der Waals surface area contributed by atoms with Gasteiger partial charge in [0.2, 0.25) is 10.0 Å². The molecule has 8 nitrogen and oxygen atoms in total. The summed E-state index contributed by atoms with van der Waals surface area (Å²) in [7, 11) is -3.17. The van der Waals surface area contributed by atoms with Gasteiger partial charge in [-0.05, 0) is 37.1 Å². The van der Waals surface area contributed by atoms with E-state index in [-0.39, 0.29) is 18.6 Å². The van der Waals surface area contributed by atoms with Gasteiger partial charge in [-0.2, -0.15) is 0 Å². The van der Waals surface area contributed by atoms with E-state index >= 15 is 0 Å². The van der Waals surface area contributed by atoms with E-state index in [1.807, 2.05) is 0 Å². The van der Waals surface area contributed by atoms with Crippen LogP contribution in [0.5, 0.6) is 5.75 Å². The molecule has 1 amide bonds. The second kappa shape index (κ2) is 8.85. The molecule has 0 atom stereocenters. The molecule has 0 unspecified atom stereocenters. The standard InChI is InChI=1S/C18H21ClN4O4S/c1-28(25,26)23-8-5-15(6-9-23)27-17-3-2-13(10-16(17)19)18(24)21-11-14-4-7-20-12-22-14/h2-4,7,10,12,15H,5-6,8-9,11H2,1H3,(H,21,24). The van der Waals surface area contributed by atoms with Crippen LogP contribution in [0.15, 0.2) is 36.8 Å². The molecule has 2 heterocycles. The summed E-state index contributed by atoms with van der Waals surface area (Å²) in [6.45, 7) is 1.13. The summed E-state index contributed by atoms with van der Waals surface area (Å²) in [4.78, 5) is 20.2. The molecule has 0 aliphatic carbocycles. The van der Waals surface area contributed by atoms with Crippen molar-refractivity contribution in [2.24, 2.45) is 0 Å². The molecule has 0 bridgehead atoms. The summed E-state index contributed by atoms with van der Waals surface area (Å²) in [5, 5.41) is 3.10. The number of ether oxygens (including phenoxy) is 1. The summed E-state index contributed by atoms with van der Waals surface area (Å²) in [5.74, 6) is 0.209. The number of nitrogens with zero attached hydrogens (tertiary/aromatic N) is 3.